The van der Waals surface area contributed by atoms with Crippen molar-refractivity contribution in [3.8, 4) is 22.8 Å². The SMILES string of the molecule is Cc1ccc(NC(=O)C2(c3ccc4c(c3)OCO4)CC2)nc1-c1cccc(C(=O)O)c1.[HH]. The van der Waals surface area contributed by atoms with Gasteiger partial charge in [0.05, 0.1) is 16.7 Å². The number of aromatic nitrogens is 1. The Hall–Kier alpha value is -3.87. The van der Waals surface area contributed by atoms with Crippen LogP contribution in [0.4, 0.5) is 5.82 Å². The van der Waals surface area contributed by atoms with Gasteiger partial charge in [0.25, 0.3) is 0 Å². The van der Waals surface area contributed by atoms with Crippen molar-refractivity contribution < 1.29 is 25.6 Å². The molecule has 2 aromatic carbocycles. The molecule has 0 spiro atoms. The number of nitrogens with one attached hydrogen (secondary N) is 1. The number of pyridine rings is 1. The highest BCUT2D eigenvalue weighted by molar-refractivity contribution is 6.01. The molecule has 1 aliphatic carbocycles. The summed E-state index contributed by atoms with van der Waals surface area (Å²) in [4.78, 5) is 29.1. The van der Waals surface area contributed by atoms with E-state index in [4.69, 9.17) is 9.47 Å². The first-order valence-electron chi connectivity index (χ1n) is 9.99. The molecule has 2 N–H and O–H groups in total. The van der Waals surface area contributed by atoms with Crippen LogP contribution in [0.2, 0.25) is 0 Å². The average Bonchev–Trinajstić information content (AvgIpc) is 3.46. The minimum Gasteiger partial charge on any atom is -0.478 e. The van der Waals surface area contributed by atoms with Crippen molar-refractivity contribution in [1.82, 2.24) is 4.98 Å². The van der Waals surface area contributed by atoms with E-state index >= 15 is 0 Å². The van der Waals surface area contributed by atoms with Crippen molar-refractivity contribution in [1.29, 1.82) is 0 Å². The number of benzene rings is 2. The number of aromatic carboxylic acids is 1. The van der Waals surface area contributed by atoms with E-state index in [-0.39, 0.29) is 19.7 Å². The third-order valence-corrected chi connectivity index (χ3v) is 5.83. The molecule has 2 heterocycles. The van der Waals surface area contributed by atoms with Gasteiger partial charge in [-0.1, -0.05) is 24.3 Å². The fraction of sp³-hybridized carbons (Fsp3) is 0.208. The fourth-order valence-corrected chi connectivity index (χ4v) is 3.89. The van der Waals surface area contributed by atoms with E-state index in [9.17, 15) is 14.7 Å². The van der Waals surface area contributed by atoms with E-state index in [1.165, 1.54) is 6.07 Å². The summed E-state index contributed by atoms with van der Waals surface area (Å²) in [5.41, 5.74) is 2.69. The zero-order chi connectivity index (χ0) is 21.6. The Morgan fingerprint density at radius 1 is 1.06 bits per heavy atom. The summed E-state index contributed by atoms with van der Waals surface area (Å²) >= 11 is 0. The molecule has 1 amide bonds. The predicted molar refractivity (Wildman–Crippen MR) is 116 cm³/mol. The van der Waals surface area contributed by atoms with Crippen LogP contribution in [-0.2, 0) is 10.2 Å². The van der Waals surface area contributed by atoms with Crippen LogP contribution >= 0.6 is 0 Å². The molecule has 7 heteroatoms. The molecule has 31 heavy (non-hydrogen) atoms. The summed E-state index contributed by atoms with van der Waals surface area (Å²) in [7, 11) is 0. The molecule has 5 rings (SSSR count). The molecule has 1 aliphatic heterocycles. The summed E-state index contributed by atoms with van der Waals surface area (Å²) in [5, 5.41) is 12.2. The van der Waals surface area contributed by atoms with Gasteiger partial charge < -0.3 is 19.9 Å². The maximum atomic E-state index is 13.2. The van der Waals surface area contributed by atoms with Crippen LogP contribution in [-0.4, -0.2) is 28.8 Å². The summed E-state index contributed by atoms with van der Waals surface area (Å²) in [6.45, 7) is 2.09. The largest absolute Gasteiger partial charge is 0.478 e. The zero-order valence-corrected chi connectivity index (χ0v) is 16.8. The molecule has 1 saturated carbocycles. The normalized spacial score (nSPS) is 15.4. The van der Waals surface area contributed by atoms with Crippen LogP contribution in [0.25, 0.3) is 11.3 Å². The van der Waals surface area contributed by atoms with Crippen molar-refractivity contribution in [3.63, 3.8) is 0 Å². The van der Waals surface area contributed by atoms with Gasteiger partial charge in [-0.05, 0) is 61.2 Å². The second kappa shape index (κ2) is 7.12. The predicted octanol–water partition coefficient (Wildman–Crippen LogP) is 4.40. The second-order valence-electron chi connectivity index (χ2n) is 7.85. The lowest BCUT2D eigenvalue weighted by Gasteiger charge is -2.17. The lowest BCUT2D eigenvalue weighted by atomic mass is 9.94. The van der Waals surface area contributed by atoms with Gasteiger partial charge in [-0.3, -0.25) is 4.79 Å². The maximum absolute atomic E-state index is 13.2. The number of rotatable bonds is 5. The highest BCUT2D eigenvalue weighted by Crippen LogP contribution is 2.51. The number of anilines is 1. The number of carbonyl (C=O) groups is 2. The molecule has 2 aliphatic rings. The number of carboxylic acids is 1. The van der Waals surface area contributed by atoms with Gasteiger partial charge in [-0.25, -0.2) is 9.78 Å². The summed E-state index contributed by atoms with van der Waals surface area (Å²) in [6.07, 6.45) is 1.50. The molecular weight excluding hydrogens is 396 g/mol. The van der Waals surface area contributed by atoms with Crippen LogP contribution in [0.1, 0.15) is 35.8 Å². The minimum atomic E-state index is -0.997. The molecule has 0 saturated heterocycles. The molecular formula is C24H22N2O5. The Morgan fingerprint density at radius 3 is 2.65 bits per heavy atom. The molecule has 1 aromatic heterocycles. The Labute approximate surface area is 180 Å². The third kappa shape index (κ3) is 3.38. The number of amides is 1. The minimum absolute atomic E-state index is 0. The number of carboxylic acid groups (broad SMARTS) is 1. The van der Waals surface area contributed by atoms with Gasteiger partial charge in [0, 0.05) is 6.99 Å². The Kier molecular flexibility index (Phi) is 4.39. The van der Waals surface area contributed by atoms with Crippen LogP contribution in [0.3, 0.4) is 0 Å². The van der Waals surface area contributed by atoms with E-state index in [2.05, 4.69) is 10.3 Å². The smallest absolute Gasteiger partial charge is 0.335 e. The van der Waals surface area contributed by atoms with Crippen LogP contribution in [0.15, 0.2) is 54.6 Å². The van der Waals surface area contributed by atoms with Crippen molar-refractivity contribution >= 4 is 17.7 Å². The number of carbonyl (C=O) groups excluding carboxylic acids is 1. The lowest BCUT2D eigenvalue weighted by Crippen LogP contribution is -2.28. The first-order valence-corrected chi connectivity index (χ1v) is 9.99. The quantitative estimate of drug-likeness (QED) is 0.637. The average molecular weight is 418 g/mol. The van der Waals surface area contributed by atoms with E-state index in [0.29, 0.717) is 28.6 Å². The molecule has 3 aromatic rings. The molecule has 158 valence electrons. The monoisotopic (exact) mass is 418 g/mol. The van der Waals surface area contributed by atoms with Crippen molar-refractivity contribution in [3.05, 3.63) is 71.3 Å². The van der Waals surface area contributed by atoms with Crippen LogP contribution in [0.5, 0.6) is 11.5 Å². The molecule has 1 fully saturated rings. The van der Waals surface area contributed by atoms with Gasteiger partial charge in [0.2, 0.25) is 12.7 Å². The summed E-state index contributed by atoms with van der Waals surface area (Å²) < 4.78 is 10.8. The number of fused-ring (bicyclic) bond motifs is 1. The number of nitrogens with zero attached hydrogens (tertiary/aromatic N) is 1. The van der Waals surface area contributed by atoms with Crippen LogP contribution in [0, 0.1) is 6.92 Å². The van der Waals surface area contributed by atoms with Crippen molar-refractivity contribution in [2.24, 2.45) is 0 Å². The van der Waals surface area contributed by atoms with E-state index in [0.717, 1.165) is 24.0 Å². The van der Waals surface area contributed by atoms with E-state index < -0.39 is 11.4 Å². The van der Waals surface area contributed by atoms with Gasteiger partial charge in [-0.2, -0.15) is 0 Å². The highest BCUT2D eigenvalue weighted by atomic mass is 16.7. The first kappa shape index (κ1) is 19.1. The van der Waals surface area contributed by atoms with Crippen molar-refractivity contribution in [2.75, 3.05) is 12.1 Å². The summed E-state index contributed by atoms with van der Waals surface area (Å²) in [6, 6.07) is 15.9. The van der Waals surface area contributed by atoms with Gasteiger partial charge in [-0.15, -0.1) is 0 Å². The first-order chi connectivity index (χ1) is 15.0. The van der Waals surface area contributed by atoms with Crippen LogP contribution < -0.4 is 14.8 Å². The molecule has 0 radical (unpaired) electrons. The van der Waals surface area contributed by atoms with Gasteiger partial charge in [0.1, 0.15) is 5.82 Å². The lowest BCUT2D eigenvalue weighted by molar-refractivity contribution is -0.118. The Morgan fingerprint density at radius 2 is 1.87 bits per heavy atom. The standard InChI is InChI=1S/C24H20N2O5.H2/c1-14-5-8-20(25-21(14)15-3-2-4-16(11-15)22(27)28)26-23(29)24(9-10-24)17-6-7-18-19(12-17)31-13-30-18;/h2-8,11-12H,9-10,13H2,1H3,(H,27,28)(H,25,26,29);1H. The highest BCUT2D eigenvalue weighted by Gasteiger charge is 2.51. The number of hydrogen-bond donors (Lipinski definition) is 2. The second-order valence-corrected chi connectivity index (χ2v) is 7.85. The van der Waals surface area contributed by atoms with E-state index in [1.54, 1.807) is 18.2 Å². The fourth-order valence-electron chi connectivity index (χ4n) is 3.89. The number of hydrogen-bond acceptors (Lipinski definition) is 5. The van der Waals surface area contributed by atoms with Crippen molar-refractivity contribution in [2.45, 2.75) is 25.2 Å². The molecule has 0 bridgehead atoms. The molecule has 7 nitrogen and oxygen atoms in total. The summed E-state index contributed by atoms with van der Waals surface area (Å²) in [5.74, 6) is 0.661. The number of ether oxygens (including phenoxy) is 2. The molecule has 0 atom stereocenters. The van der Waals surface area contributed by atoms with Gasteiger partial charge in [0.15, 0.2) is 11.5 Å². The number of aryl methyl sites for hydroxylation is 1. The third-order valence-electron chi connectivity index (χ3n) is 5.83. The maximum Gasteiger partial charge on any atom is 0.335 e. The van der Waals surface area contributed by atoms with Gasteiger partial charge >= 0.3 is 5.97 Å². The Balaban J connectivity index is 0.00000245. The van der Waals surface area contributed by atoms with E-state index in [1.807, 2.05) is 37.3 Å². The topological polar surface area (TPSA) is 97.8 Å². The molecule has 0 unspecified atom stereocenters. The Bertz CT molecular complexity index is 1220. The zero-order valence-electron chi connectivity index (χ0n) is 16.8.